The topological polar surface area (TPSA) is 156 Å². The minimum Gasteiger partial charge on any atom is -0.506 e. The summed E-state index contributed by atoms with van der Waals surface area (Å²) in [7, 11) is -8.40. The molecular formula is C18H14ClN3O7S2. The third-order valence-corrected chi connectivity index (χ3v) is 6.95. The maximum Gasteiger partial charge on any atom is 0.269 e. The number of halogens is 1. The number of nitro groups is 1. The number of nitro benzene ring substituents is 1. The highest BCUT2D eigenvalue weighted by Crippen LogP contribution is 2.30. The van der Waals surface area contributed by atoms with Crippen molar-refractivity contribution in [2.75, 3.05) is 9.44 Å². The van der Waals surface area contributed by atoms with Gasteiger partial charge in [-0.1, -0.05) is 17.7 Å². The van der Waals surface area contributed by atoms with E-state index in [2.05, 4.69) is 9.44 Å². The van der Waals surface area contributed by atoms with E-state index >= 15 is 0 Å². The first-order valence-corrected chi connectivity index (χ1v) is 11.7. The number of hydrogen-bond acceptors (Lipinski definition) is 7. The fraction of sp³-hybridized carbons (Fsp3) is 0. The number of anilines is 2. The summed E-state index contributed by atoms with van der Waals surface area (Å²) in [5.74, 6) is -0.521. The maximum absolute atomic E-state index is 12.6. The van der Waals surface area contributed by atoms with Crippen LogP contribution in [0, 0.1) is 10.1 Å². The first kappa shape index (κ1) is 22.3. The Morgan fingerprint density at radius 2 is 1.45 bits per heavy atom. The molecule has 3 aromatic rings. The maximum atomic E-state index is 12.6. The van der Waals surface area contributed by atoms with E-state index in [4.69, 9.17) is 11.6 Å². The fourth-order valence-electron chi connectivity index (χ4n) is 2.48. The normalized spacial score (nSPS) is 11.6. The predicted octanol–water partition coefficient (Wildman–Crippen LogP) is 3.56. The lowest BCUT2D eigenvalue weighted by Gasteiger charge is -2.13. The quantitative estimate of drug-likeness (QED) is 0.263. The molecule has 0 aliphatic rings. The van der Waals surface area contributed by atoms with E-state index < -0.39 is 36.4 Å². The first-order valence-electron chi connectivity index (χ1n) is 8.37. The second-order valence-corrected chi connectivity index (χ2v) is 9.95. The third-order valence-electron chi connectivity index (χ3n) is 3.96. The fourth-order valence-corrected chi connectivity index (χ4v) is 4.81. The van der Waals surface area contributed by atoms with Crippen molar-refractivity contribution in [3.05, 3.63) is 81.9 Å². The van der Waals surface area contributed by atoms with Crippen molar-refractivity contribution in [3.8, 4) is 5.75 Å². The Hall–Kier alpha value is -3.35. The van der Waals surface area contributed by atoms with Gasteiger partial charge in [0.25, 0.3) is 25.7 Å². The van der Waals surface area contributed by atoms with Gasteiger partial charge in [0.05, 0.1) is 26.1 Å². The van der Waals surface area contributed by atoms with E-state index in [1.807, 2.05) is 0 Å². The van der Waals surface area contributed by atoms with Crippen LogP contribution in [-0.2, 0) is 20.0 Å². The largest absolute Gasteiger partial charge is 0.506 e. The number of nitrogens with zero attached hydrogens (tertiary/aromatic N) is 1. The zero-order valence-electron chi connectivity index (χ0n) is 15.4. The second kappa shape index (κ2) is 8.41. The Kier molecular flexibility index (Phi) is 6.06. The molecule has 3 N–H and O–H groups in total. The Labute approximate surface area is 182 Å². The average molecular weight is 484 g/mol. The van der Waals surface area contributed by atoms with Gasteiger partial charge in [0, 0.05) is 17.2 Å². The van der Waals surface area contributed by atoms with Gasteiger partial charge < -0.3 is 5.11 Å². The van der Waals surface area contributed by atoms with E-state index in [9.17, 15) is 32.1 Å². The lowest BCUT2D eigenvalue weighted by atomic mass is 10.3. The zero-order valence-corrected chi connectivity index (χ0v) is 17.8. The molecule has 0 atom stereocenters. The van der Waals surface area contributed by atoms with Crippen LogP contribution in [0.3, 0.4) is 0 Å². The number of hydrogen-bond donors (Lipinski definition) is 3. The van der Waals surface area contributed by atoms with Gasteiger partial charge in [-0.05, 0) is 48.5 Å². The van der Waals surface area contributed by atoms with Crippen LogP contribution in [-0.4, -0.2) is 26.9 Å². The molecule has 0 spiro atoms. The van der Waals surface area contributed by atoms with Gasteiger partial charge in [0.1, 0.15) is 5.75 Å². The number of aromatic hydroxyl groups is 1. The summed E-state index contributed by atoms with van der Waals surface area (Å²) >= 11 is 5.84. The first-order chi connectivity index (χ1) is 14.5. The molecule has 0 aliphatic carbocycles. The standard InChI is InChI=1S/C18H14ClN3O7S2/c19-12-2-1-3-13(10-12)20-31(28,29)16-8-9-18(23)17(11-16)21-30(26,27)15-6-4-14(5-7-15)22(24)25/h1-11,20-21,23H. The van der Waals surface area contributed by atoms with Crippen molar-refractivity contribution in [2.24, 2.45) is 0 Å². The van der Waals surface area contributed by atoms with Crippen LogP contribution in [0.15, 0.2) is 76.5 Å². The molecule has 13 heteroatoms. The predicted molar refractivity (Wildman–Crippen MR) is 114 cm³/mol. The molecule has 0 radical (unpaired) electrons. The van der Waals surface area contributed by atoms with Crippen molar-refractivity contribution < 1.29 is 26.9 Å². The molecule has 0 aliphatic heterocycles. The van der Waals surface area contributed by atoms with Crippen LogP contribution >= 0.6 is 11.6 Å². The lowest BCUT2D eigenvalue weighted by molar-refractivity contribution is -0.384. The molecule has 3 rings (SSSR count). The number of phenols is 1. The highest BCUT2D eigenvalue weighted by atomic mass is 35.5. The zero-order chi connectivity index (χ0) is 22.8. The van der Waals surface area contributed by atoms with Gasteiger partial charge in [-0.2, -0.15) is 0 Å². The van der Waals surface area contributed by atoms with Crippen LogP contribution in [0.5, 0.6) is 5.75 Å². The lowest BCUT2D eigenvalue weighted by Crippen LogP contribution is -2.15. The third kappa shape index (κ3) is 5.23. The number of non-ortho nitro benzene ring substituents is 1. The summed E-state index contributed by atoms with van der Waals surface area (Å²) in [4.78, 5) is 9.39. The van der Waals surface area contributed by atoms with E-state index in [0.717, 1.165) is 42.5 Å². The number of sulfonamides is 2. The monoisotopic (exact) mass is 483 g/mol. The molecule has 0 aromatic heterocycles. The number of rotatable bonds is 7. The van der Waals surface area contributed by atoms with Crippen LogP contribution in [0.1, 0.15) is 0 Å². The molecule has 162 valence electrons. The van der Waals surface area contributed by atoms with Gasteiger partial charge in [-0.25, -0.2) is 16.8 Å². The van der Waals surface area contributed by atoms with Crippen LogP contribution < -0.4 is 9.44 Å². The molecule has 3 aromatic carbocycles. The molecule has 10 nitrogen and oxygen atoms in total. The van der Waals surface area contributed by atoms with Gasteiger partial charge in [-0.15, -0.1) is 0 Å². The number of benzene rings is 3. The van der Waals surface area contributed by atoms with Crippen molar-refractivity contribution in [3.63, 3.8) is 0 Å². The van der Waals surface area contributed by atoms with Crippen molar-refractivity contribution >= 4 is 48.7 Å². The molecule has 0 fully saturated rings. The molecule has 0 amide bonds. The minimum absolute atomic E-state index is 0.189. The van der Waals surface area contributed by atoms with Gasteiger partial charge in [0.2, 0.25) is 0 Å². The Morgan fingerprint density at radius 3 is 2.06 bits per heavy atom. The summed E-state index contributed by atoms with van der Waals surface area (Å²) in [6.07, 6.45) is 0. The molecule has 0 heterocycles. The van der Waals surface area contributed by atoms with E-state index in [-0.39, 0.29) is 21.2 Å². The second-order valence-electron chi connectivity index (χ2n) is 6.15. The van der Waals surface area contributed by atoms with Crippen LogP contribution in [0.2, 0.25) is 5.02 Å². The minimum atomic E-state index is -4.27. The summed E-state index contributed by atoms with van der Waals surface area (Å²) in [6.45, 7) is 0. The number of phenolic OH excluding ortho intramolecular Hbond substituents is 1. The highest BCUT2D eigenvalue weighted by molar-refractivity contribution is 7.93. The molecule has 0 unspecified atom stereocenters. The van der Waals surface area contributed by atoms with Crippen LogP contribution in [0.4, 0.5) is 17.1 Å². The molecule has 31 heavy (non-hydrogen) atoms. The van der Waals surface area contributed by atoms with Crippen molar-refractivity contribution in [1.82, 2.24) is 0 Å². The Balaban J connectivity index is 1.90. The molecule has 0 bridgehead atoms. The number of nitrogens with one attached hydrogen (secondary N) is 2. The average Bonchev–Trinajstić information content (AvgIpc) is 2.69. The van der Waals surface area contributed by atoms with Crippen molar-refractivity contribution in [2.45, 2.75) is 9.79 Å². The Bertz CT molecular complexity index is 1360. The molecule has 0 saturated carbocycles. The van der Waals surface area contributed by atoms with Gasteiger partial charge in [-0.3, -0.25) is 19.6 Å². The smallest absolute Gasteiger partial charge is 0.269 e. The molecular weight excluding hydrogens is 470 g/mol. The van der Waals surface area contributed by atoms with Gasteiger partial charge in [0.15, 0.2) is 0 Å². The summed E-state index contributed by atoms with van der Waals surface area (Å²) < 4.78 is 54.8. The molecule has 0 saturated heterocycles. The van der Waals surface area contributed by atoms with E-state index in [0.29, 0.717) is 5.02 Å². The van der Waals surface area contributed by atoms with Gasteiger partial charge >= 0.3 is 0 Å². The SMILES string of the molecule is O=[N+]([O-])c1ccc(S(=O)(=O)Nc2cc(S(=O)(=O)Nc3cccc(Cl)c3)ccc2O)cc1. The summed E-state index contributed by atoms with van der Waals surface area (Å²) in [6, 6.07) is 13.0. The highest BCUT2D eigenvalue weighted by Gasteiger charge is 2.21. The van der Waals surface area contributed by atoms with Crippen LogP contribution in [0.25, 0.3) is 0 Å². The van der Waals surface area contributed by atoms with E-state index in [1.54, 1.807) is 12.1 Å². The Morgan fingerprint density at radius 1 is 0.839 bits per heavy atom. The van der Waals surface area contributed by atoms with E-state index in [1.165, 1.54) is 12.1 Å². The van der Waals surface area contributed by atoms with Crippen molar-refractivity contribution in [1.29, 1.82) is 0 Å². The summed E-state index contributed by atoms with van der Waals surface area (Å²) in [5, 5.41) is 21.0. The summed E-state index contributed by atoms with van der Waals surface area (Å²) in [5.41, 5.74) is -0.511.